The highest BCUT2D eigenvalue weighted by molar-refractivity contribution is 7.00. The fourth-order valence-electron chi connectivity index (χ4n) is 13.6. The van der Waals surface area contributed by atoms with Gasteiger partial charge in [-0.3, -0.25) is 17.9 Å². The summed E-state index contributed by atoms with van der Waals surface area (Å²) in [5.41, 5.74) is 32.6. The number of fused-ring (bicyclic) bond motifs is 14. The van der Waals surface area contributed by atoms with Gasteiger partial charge in [0.05, 0.1) is 33.1 Å². The Bertz CT molecular complexity index is 3990. The fourth-order valence-corrected chi connectivity index (χ4v) is 13.6. The summed E-state index contributed by atoms with van der Waals surface area (Å²) in [4.78, 5) is 0. The van der Waals surface area contributed by atoms with E-state index in [-0.39, 0.29) is 17.5 Å². The van der Waals surface area contributed by atoms with Crippen LogP contribution in [0.25, 0.3) is 99.9 Å². The molecule has 0 radical (unpaired) electrons. The van der Waals surface area contributed by atoms with E-state index < -0.39 is 0 Å². The fraction of sp³-hybridized carbons (Fsp3) is 0.212. The van der Waals surface area contributed by atoms with E-state index in [1.54, 1.807) is 0 Å². The molecule has 2 aliphatic heterocycles. The minimum absolute atomic E-state index is 0.0436. The van der Waals surface area contributed by atoms with Gasteiger partial charge in [-0.2, -0.15) is 0 Å². The topological polar surface area (TPSA) is 18.7 Å². The summed E-state index contributed by atoms with van der Waals surface area (Å²) in [5, 5.41) is 2.67. The van der Waals surface area contributed by atoms with Crippen LogP contribution < -0.4 is 16.4 Å². The highest BCUT2D eigenvalue weighted by Crippen LogP contribution is 2.46. The summed E-state index contributed by atoms with van der Waals surface area (Å²) in [6, 6.07) is 58.4. The van der Waals surface area contributed by atoms with E-state index in [4.69, 9.17) is 0 Å². The van der Waals surface area contributed by atoms with Gasteiger partial charge in [-0.1, -0.05) is 157 Å². The largest absolute Gasteiger partial charge is 0.295 e. The zero-order valence-corrected chi connectivity index (χ0v) is 42.7. The molecule has 346 valence electrons. The van der Waals surface area contributed by atoms with E-state index in [9.17, 15) is 0 Å². The van der Waals surface area contributed by atoms with Crippen molar-refractivity contribution in [3.8, 4) is 44.8 Å². The molecule has 5 heteroatoms. The van der Waals surface area contributed by atoms with Crippen molar-refractivity contribution in [2.45, 2.75) is 82.1 Å². The van der Waals surface area contributed by atoms with Crippen molar-refractivity contribution < 1.29 is 0 Å². The highest BCUT2D eigenvalue weighted by atomic mass is 15.2. The lowest BCUT2D eigenvalue weighted by Gasteiger charge is -2.34. The van der Waals surface area contributed by atoms with Gasteiger partial charge in [0.25, 0.3) is 6.71 Å². The molecule has 0 N–H and O–H groups in total. The number of rotatable bonds is 5. The first kappa shape index (κ1) is 42.4. The molecule has 4 aromatic heterocycles. The Morgan fingerprint density at radius 1 is 0.394 bits per heavy atom. The van der Waals surface area contributed by atoms with Crippen molar-refractivity contribution in [1.29, 1.82) is 0 Å². The molecule has 0 spiro atoms. The third kappa shape index (κ3) is 5.93. The number of para-hydroxylation sites is 2. The monoisotopic (exact) mass is 918 g/mol. The lowest BCUT2D eigenvalue weighted by Crippen LogP contribution is -2.59. The minimum atomic E-state index is -0.0581. The zero-order valence-electron chi connectivity index (χ0n) is 42.7. The molecule has 0 aliphatic carbocycles. The van der Waals surface area contributed by atoms with Crippen molar-refractivity contribution in [2.75, 3.05) is 0 Å². The summed E-state index contributed by atoms with van der Waals surface area (Å²) >= 11 is 0. The number of imidazole rings is 2. The van der Waals surface area contributed by atoms with E-state index in [1.807, 2.05) is 0 Å². The van der Waals surface area contributed by atoms with Crippen LogP contribution in [0.5, 0.6) is 0 Å². The third-order valence-electron chi connectivity index (χ3n) is 16.1. The third-order valence-corrected chi connectivity index (χ3v) is 16.1. The first-order valence-electron chi connectivity index (χ1n) is 25.7. The Kier molecular flexibility index (Phi) is 8.68. The van der Waals surface area contributed by atoms with Gasteiger partial charge in [-0.15, -0.1) is 0 Å². The van der Waals surface area contributed by atoms with E-state index in [0.29, 0.717) is 0 Å². The molecular formula is C66H59BN4. The Labute approximate surface area is 416 Å². The maximum atomic E-state index is 2.73. The molecule has 12 aromatic rings. The van der Waals surface area contributed by atoms with Crippen LogP contribution in [0.3, 0.4) is 0 Å². The molecule has 2 aliphatic rings. The minimum Gasteiger partial charge on any atom is -0.295 e. The van der Waals surface area contributed by atoms with Crippen LogP contribution in [0.4, 0.5) is 0 Å². The van der Waals surface area contributed by atoms with Gasteiger partial charge < -0.3 is 0 Å². The van der Waals surface area contributed by atoms with Gasteiger partial charge in [-0.25, -0.2) is 0 Å². The van der Waals surface area contributed by atoms with E-state index in [0.717, 1.165) is 12.8 Å². The molecule has 0 saturated carbocycles. The summed E-state index contributed by atoms with van der Waals surface area (Å²) in [6.45, 7) is 23.5. The number of aryl methyl sites for hydroxylation is 4. The second kappa shape index (κ2) is 14.5. The van der Waals surface area contributed by atoms with Gasteiger partial charge in [-0.05, 0) is 160 Å². The molecule has 0 fully saturated rings. The molecule has 0 unspecified atom stereocenters. The van der Waals surface area contributed by atoms with Gasteiger partial charge in [0.15, 0.2) is 0 Å². The molecule has 6 heterocycles. The molecule has 4 nitrogen and oxygen atoms in total. The summed E-state index contributed by atoms with van der Waals surface area (Å²) in [5.74, 6) is 0. The zero-order chi connectivity index (χ0) is 48.6. The average molecular weight is 919 g/mol. The predicted molar refractivity (Wildman–Crippen MR) is 303 cm³/mol. The van der Waals surface area contributed by atoms with Crippen LogP contribution in [0.1, 0.15) is 74.9 Å². The number of nitrogens with zero attached hydrogens (tertiary/aromatic N) is 4. The Balaban J connectivity index is 1.26. The van der Waals surface area contributed by atoms with Crippen LogP contribution in [0.15, 0.2) is 152 Å². The van der Waals surface area contributed by atoms with Gasteiger partial charge in [0.2, 0.25) is 0 Å². The second-order valence-corrected chi connectivity index (χ2v) is 23.6. The van der Waals surface area contributed by atoms with Crippen molar-refractivity contribution >= 4 is 78.3 Å². The SMILES string of the molecule is Cc1cccc(C)c1-c1cc2c3c(c1)n1c4ccccc4c(CC(C)(C)C)c1n3-c1cc(-c3ccccc3)cc3c1B2c1cc(-c2c(C)cccc2C)cc2c1n-3c1c(CC(C)(C)C)c3ccccc3n21. The molecule has 8 aromatic carbocycles. The molecule has 14 rings (SSSR count). The predicted octanol–water partition coefficient (Wildman–Crippen LogP) is 14.9. The maximum Gasteiger partial charge on any atom is 0.252 e. The number of benzene rings is 8. The highest BCUT2D eigenvalue weighted by Gasteiger charge is 2.44. The smallest absolute Gasteiger partial charge is 0.252 e. The van der Waals surface area contributed by atoms with E-state index in [2.05, 4.69) is 239 Å². The second-order valence-electron chi connectivity index (χ2n) is 23.6. The van der Waals surface area contributed by atoms with Gasteiger partial charge >= 0.3 is 0 Å². The number of aromatic nitrogens is 4. The van der Waals surface area contributed by atoms with E-state index in [1.165, 1.54) is 150 Å². The number of hydrogen-bond donors (Lipinski definition) is 0. The summed E-state index contributed by atoms with van der Waals surface area (Å²) in [6.07, 6.45) is 1.88. The standard InChI is InChI=1S/C66H59BN4/c1-38-20-18-21-39(2)58(38)44-30-50-61-56(34-44)68-52-28-16-14-26-46(52)48(36-65(5,6)7)63(68)70(61)54-32-43(42-24-12-11-13-25-42)33-55-60(54)67(50)51-31-45(59-40(3)22-19-23-41(59)4)35-57-62(51)71(55)64-49(37-66(8,9)10)47-27-15-17-29-53(47)69(57)64/h11-35H,36-37H2,1-10H3. The van der Waals surface area contributed by atoms with Crippen LogP contribution >= 0.6 is 0 Å². The van der Waals surface area contributed by atoms with Crippen molar-refractivity contribution in [3.05, 3.63) is 185 Å². The van der Waals surface area contributed by atoms with Crippen LogP contribution in [0.2, 0.25) is 0 Å². The van der Waals surface area contributed by atoms with Gasteiger partial charge in [0, 0.05) is 33.3 Å². The lowest BCUT2D eigenvalue weighted by atomic mass is 9.34. The summed E-state index contributed by atoms with van der Waals surface area (Å²) < 4.78 is 10.7. The molecule has 0 bridgehead atoms. The van der Waals surface area contributed by atoms with Gasteiger partial charge in [0.1, 0.15) is 11.3 Å². The Morgan fingerprint density at radius 3 is 1.23 bits per heavy atom. The Morgan fingerprint density at radius 2 is 0.803 bits per heavy atom. The van der Waals surface area contributed by atoms with Crippen LogP contribution in [-0.2, 0) is 12.8 Å². The van der Waals surface area contributed by atoms with Crippen molar-refractivity contribution in [3.63, 3.8) is 0 Å². The quantitative estimate of drug-likeness (QED) is 0.153. The lowest BCUT2D eigenvalue weighted by molar-refractivity contribution is 0.413. The summed E-state index contributed by atoms with van der Waals surface area (Å²) in [7, 11) is 0. The molecule has 71 heavy (non-hydrogen) atoms. The molecule has 0 saturated heterocycles. The van der Waals surface area contributed by atoms with Crippen molar-refractivity contribution in [2.24, 2.45) is 10.8 Å². The van der Waals surface area contributed by atoms with Crippen molar-refractivity contribution in [1.82, 2.24) is 17.9 Å². The van der Waals surface area contributed by atoms with Crippen LogP contribution in [-0.4, -0.2) is 24.6 Å². The normalized spacial score (nSPS) is 13.3. The molecule has 0 amide bonds. The average Bonchev–Trinajstić information content (AvgIpc) is 4.05. The number of hydrogen-bond acceptors (Lipinski definition) is 0. The Hall–Kier alpha value is -7.50. The maximum absolute atomic E-state index is 2.73. The van der Waals surface area contributed by atoms with Crippen LogP contribution in [0, 0.1) is 38.5 Å². The molecule has 0 atom stereocenters. The van der Waals surface area contributed by atoms with E-state index >= 15 is 0 Å². The first-order chi connectivity index (χ1) is 34.1. The first-order valence-corrected chi connectivity index (χ1v) is 25.7. The molecular weight excluding hydrogens is 860 g/mol.